The lowest BCUT2D eigenvalue weighted by atomic mass is 10.1. The Balaban J connectivity index is 2.77. The first-order valence-electron chi connectivity index (χ1n) is 4.51. The summed E-state index contributed by atoms with van der Waals surface area (Å²) in [5, 5.41) is 9.40. The van der Waals surface area contributed by atoms with Crippen molar-refractivity contribution in [3.05, 3.63) is 23.7 Å². The van der Waals surface area contributed by atoms with Gasteiger partial charge < -0.3 is 14.3 Å². The molecule has 1 aromatic rings. The van der Waals surface area contributed by atoms with Crippen molar-refractivity contribution in [3.63, 3.8) is 0 Å². The van der Waals surface area contributed by atoms with Crippen LogP contribution in [-0.4, -0.2) is 24.3 Å². The van der Waals surface area contributed by atoms with Crippen molar-refractivity contribution in [1.29, 1.82) is 0 Å². The molecular weight excluding hydrogens is 184 g/mol. The van der Waals surface area contributed by atoms with Gasteiger partial charge in [-0.3, -0.25) is 0 Å². The van der Waals surface area contributed by atoms with Gasteiger partial charge in [0.25, 0.3) is 0 Å². The van der Waals surface area contributed by atoms with Crippen molar-refractivity contribution in [2.24, 2.45) is 0 Å². The number of carbonyl (C=O) groups is 1. The number of rotatable bonds is 4. The molecule has 0 amide bonds. The molecule has 0 bridgehead atoms. The van der Waals surface area contributed by atoms with Crippen LogP contribution < -0.4 is 0 Å². The highest BCUT2D eigenvalue weighted by atomic mass is 16.5. The fourth-order valence-electron chi connectivity index (χ4n) is 1.15. The van der Waals surface area contributed by atoms with Gasteiger partial charge in [0.2, 0.25) is 0 Å². The van der Waals surface area contributed by atoms with E-state index < -0.39 is 12.1 Å². The zero-order valence-electron chi connectivity index (χ0n) is 8.32. The van der Waals surface area contributed by atoms with Crippen LogP contribution >= 0.6 is 0 Å². The molecule has 0 saturated carbocycles. The van der Waals surface area contributed by atoms with Crippen molar-refractivity contribution in [3.8, 4) is 0 Å². The van der Waals surface area contributed by atoms with Crippen LogP contribution in [0.5, 0.6) is 0 Å². The smallest absolute Gasteiger partial charge is 0.341 e. The quantitative estimate of drug-likeness (QED) is 0.742. The fraction of sp³-hybridized carbons (Fsp3) is 0.500. The van der Waals surface area contributed by atoms with E-state index in [9.17, 15) is 9.90 Å². The van der Waals surface area contributed by atoms with Gasteiger partial charge >= 0.3 is 5.97 Å². The number of ether oxygens (including phenoxy) is 1. The largest absolute Gasteiger partial charge is 0.468 e. The highest BCUT2D eigenvalue weighted by Gasteiger charge is 2.16. The monoisotopic (exact) mass is 198 g/mol. The number of furan rings is 1. The van der Waals surface area contributed by atoms with E-state index in [1.165, 1.54) is 13.4 Å². The third-order valence-electron chi connectivity index (χ3n) is 2.04. The summed E-state index contributed by atoms with van der Waals surface area (Å²) in [5.41, 5.74) is 0.389. The minimum absolute atomic E-state index is 0.341. The maximum atomic E-state index is 11.2. The van der Waals surface area contributed by atoms with Crippen LogP contribution in [0.2, 0.25) is 0 Å². The molecule has 78 valence electrons. The molecule has 0 spiro atoms. The first-order chi connectivity index (χ1) is 6.69. The average molecular weight is 198 g/mol. The van der Waals surface area contributed by atoms with Gasteiger partial charge in [0, 0.05) is 6.42 Å². The number of hydrogen-bond donors (Lipinski definition) is 1. The molecule has 0 fully saturated rings. The summed E-state index contributed by atoms with van der Waals surface area (Å²) in [5.74, 6) is 0.0447. The van der Waals surface area contributed by atoms with Crippen molar-refractivity contribution in [1.82, 2.24) is 0 Å². The molecule has 4 heteroatoms. The van der Waals surface area contributed by atoms with Gasteiger partial charge in [0.05, 0.1) is 19.5 Å². The van der Waals surface area contributed by atoms with Crippen LogP contribution in [0.3, 0.4) is 0 Å². The van der Waals surface area contributed by atoms with Crippen molar-refractivity contribution < 1.29 is 19.1 Å². The highest BCUT2D eigenvalue weighted by molar-refractivity contribution is 5.90. The van der Waals surface area contributed by atoms with Gasteiger partial charge in [-0.05, 0) is 12.5 Å². The second kappa shape index (κ2) is 4.81. The first kappa shape index (κ1) is 10.8. The van der Waals surface area contributed by atoms with E-state index in [0.717, 1.165) is 0 Å². The van der Waals surface area contributed by atoms with E-state index in [2.05, 4.69) is 4.74 Å². The fourth-order valence-corrected chi connectivity index (χ4v) is 1.15. The Hall–Kier alpha value is -1.29. The van der Waals surface area contributed by atoms with Gasteiger partial charge in [-0.2, -0.15) is 0 Å². The zero-order chi connectivity index (χ0) is 10.6. The van der Waals surface area contributed by atoms with Crippen LogP contribution in [0.1, 0.15) is 29.5 Å². The Bertz CT molecular complexity index is 303. The van der Waals surface area contributed by atoms with Crippen LogP contribution in [0.25, 0.3) is 0 Å². The first-order valence-corrected chi connectivity index (χ1v) is 4.51. The Kier molecular flexibility index (Phi) is 3.71. The minimum Gasteiger partial charge on any atom is -0.468 e. The number of aliphatic hydroxyl groups excluding tert-OH is 1. The molecule has 1 rings (SSSR count). The highest BCUT2D eigenvalue weighted by Crippen LogP contribution is 2.14. The molecular formula is C10H14O4. The number of aliphatic hydroxyl groups is 1. The SMILES string of the molecule is CCC(O)Cc1occc1C(=O)OC. The maximum absolute atomic E-state index is 11.2. The molecule has 0 aromatic carbocycles. The third-order valence-corrected chi connectivity index (χ3v) is 2.04. The topological polar surface area (TPSA) is 59.7 Å². The van der Waals surface area contributed by atoms with E-state index in [4.69, 9.17) is 4.42 Å². The summed E-state index contributed by atoms with van der Waals surface area (Å²) in [6.45, 7) is 1.87. The third kappa shape index (κ3) is 2.35. The van der Waals surface area contributed by atoms with Crippen LogP contribution in [-0.2, 0) is 11.2 Å². The van der Waals surface area contributed by atoms with E-state index >= 15 is 0 Å². The number of esters is 1. The Morgan fingerprint density at radius 3 is 3.00 bits per heavy atom. The Morgan fingerprint density at radius 1 is 1.71 bits per heavy atom. The summed E-state index contributed by atoms with van der Waals surface area (Å²) >= 11 is 0. The second-order valence-corrected chi connectivity index (χ2v) is 3.02. The van der Waals surface area contributed by atoms with Crippen LogP contribution in [0.15, 0.2) is 16.7 Å². The van der Waals surface area contributed by atoms with E-state index in [1.54, 1.807) is 6.07 Å². The summed E-state index contributed by atoms with van der Waals surface area (Å²) in [6, 6.07) is 1.55. The molecule has 0 aliphatic rings. The molecule has 4 nitrogen and oxygen atoms in total. The van der Waals surface area contributed by atoms with Crippen molar-refractivity contribution in [2.45, 2.75) is 25.9 Å². The molecule has 1 atom stereocenters. The number of carbonyl (C=O) groups excluding carboxylic acids is 1. The minimum atomic E-state index is -0.482. The lowest BCUT2D eigenvalue weighted by molar-refractivity contribution is 0.0596. The molecule has 1 heterocycles. The van der Waals surface area contributed by atoms with Gasteiger partial charge in [-0.1, -0.05) is 6.92 Å². The summed E-state index contributed by atoms with van der Waals surface area (Å²) < 4.78 is 9.67. The molecule has 0 radical (unpaired) electrons. The molecule has 1 N–H and O–H groups in total. The van der Waals surface area contributed by atoms with Gasteiger partial charge in [-0.15, -0.1) is 0 Å². The molecule has 0 aliphatic carbocycles. The predicted octanol–water partition coefficient (Wildman–Crippen LogP) is 1.38. The van der Waals surface area contributed by atoms with Crippen LogP contribution in [0, 0.1) is 0 Å². The van der Waals surface area contributed by atoms with Crippen molar-refractivity contribution in [2.75, 3.05) is 7.11 Å². The molecule has 0 saturated heterocycles. The molecule has 0 aliphatic heterocycles. The maximum Gasteiger partial charge on any atom is 0.341 e. The van der Waals surface area contributed by atoms with Gasteiger partial charge in [-0.25, -0.2) is 4.79 Å². The average Bonchev–Trinajstić information content (AvgIpc) is 2.64. The lowest BCUT2D eigenvalue weighted by Crippen LogP contribution is -2.11. The van der Waals surface area contributed by atoms with Crippen molar-refractivity contribution >= 4 is 5.97 Å². The zero-order valence-corrected chi connectivity index (χ0v) is 8.32. The normalized spacial score (nSPS) is 12.5. The van der Waals surface area contributed by atoms with E-state index in [1.807, 2.05) is 6.92 Å². The number of methoxy groups -OCH3 is 1. The standard InChI is InChI=1S/C10H14O4/c1-3-7(11)6-9-8(4-5-14-9)10(12)13-2/h4-5,7,11H,3,6H2,1-2H3. The van der Waals surface area contributed by atoms with Gasteiger partial charge in [0.1, 0.15) is 11.3 Å². The van der Waals surface area contributed by atoms with E-state index in [0.29, 0.717) is 24.2 Å². The molecule has 1 unspecified atom stereocenters. The molecule has 14 heavy (non-hydrogen) atoms. The van der Waals surface area contributed by atoms with Gasteiger partial charge in [0.15, 0.2) is 0 Å². The van der Waals surface area contributed by atoms with Crippen LogP contribution in [0.4, 0.5) is 0 Å². The summed E-state index contributed by atoms with van der Waals surface area (Å²) in [7, 11) is 1.31. The van der Waals surface area contributed by atoms with E-state index in [-0.39, 0.29) is 0 Å². The second-order valence-electron chi connectivity index (χ2n) is 3.02. The predicted molar refractivity (Wildman–Crippen MR) is 50.0 cm³/mol. The Morgan fingerprint density at radius 2 is 2.43 bits per heavy atom. The lowest BCUT2D eigenvalue weighted by Gasteiger charge is -2.05. The summed E-state index contributed by atoms with van der Waals surface area (Å²) in [6.07, 6.45) is 1.91. The molecule has 1 aromatic heterocycles. The summed E-state index contributed by atoms with van der Waals surface area (Å²) in [4.78, 5) is 11.2. The number of hydrogen-bond acceptors (Lipinski definition) is 4. The Labute approximate surface area is 82.5 Å².